The third-order valence-corrected chi connectivity index (χ3v) is 9.29. The van der Waals surface area contributed by atoms with Gasteiger partial charge in [-0.25, -0.2) is 4.57 Å². The third-order valence-electron chi connectivity index (χ3n) is 8.31. The number of esters is 2. The predicted molar refractivity (Wildman–Crippen MR) is 201 cm³/mol. The molecule has 0 saturated carbocycles. The highest BCUT2D eigenvalue weighted by Crippen LogP contribution is 2.43. The maximum atomic E-state index is 12.5. The van der Waals surface area contributed by atoms with Crippen molar-refractivity contribution in [1.29, 1.82) is 0 Å². The van der Waals surface area contributed by atoms with Crippen molar-refractivity contribution >= 4 is 19.8 Å². The van der Waals surface area contributed by atoms with Crippen LogP contribution in [0.15, 0.2) is 24.3 Å². The molecule has 0 aliphatic heterocycles. The van der Waals surface area contributed by atoms with Crippen LogP contribution in [0.25, 0.3) is 0 Å². The molecule has 0 aromatic rings. The molecule has 2 atom stereocenters. The molecule has 0 aromatic carbocycles. The van der Waals surface area contributed by atoms with Crippen LogP contribution in [0.3, 0.4) is 0 Å². The van der Waals surface area contributed by atoms with Crippen LogP contribution in [0.5, 0.6) is 0 Å². The van der Waals surface area contributed by atoms with E-state index in [2.05, 4.69) is 38.2 Å². The second kappa shape index (κ2) is 36.3. The van der Waals surface area contributed by atoms with Gasteiger partial charge in [0, 0.05) is 19.4 Å². The third kappa shape index (κ3) is 36.1. The Bertz CT molecular complexity index is 866. The summed E-state index contributed by atoms with van der Waals surface area (Å²) in [7, 11) is -4.37. The monoisotopic (exact) mass is 716 g/mol. The Balaban J connectivity index is 4.24. The number of hydrogen-bond donors (Lipinski definition) is 2. The van der Waals surface area contributed by atoms with E-state index >= 15 is 0 Å². The van der Waals surface area contributed by atoms with Gasteiger partial charge in [0.05, 0.1) is 13.2 Å². The zero-order valence-corrected chi connectivity index (χ0v) is 32.3. The van der Waals surface area contributed by atoms with Gasteiger partial charge in [0.15, 0.2) is 6.10 Å². The first kappa shape index (κ1) is 47.5. The molecule has 9 nitrogen and oxygen atoms in total. The number of carbonyl (C=O) groups is 2. The van der Waals surface area contributed by atoms with Crippen LogP contribution in [-0.4, -0.2) is 49.3 Å². The van der Waals surface area contributed by atoms with Gasteiger partial charge in [-0.15, -0.1) is 0 Å². The molecule has 0 aromatic heterocycles. The summed E-state index contributed by atoms with van der Waals surface area (Å²) in [5.74, 6) is -0.864. The Labute approximate surface area is 300 Å². The molecule has 49 heavy (non-hydrogen) atoms. The molecule has 3 N–H and O–H groups in total. The molecular weight excluding hydrogens is 641 g/mol. The predicted octanol–water partition coefficient (Wildman–Crippen LogP) is 10.8. The standard InChI is InChI=1S/C39H74NO8P/c1-3-5-7-9-11-13-15-17-18-20-21-23-25-27-29-31-38(41)45-35-37(36-47-49(43,44)46-34-33-40)48-39(42)32-30-28-26-24-22-19-16-14-12-10-8-6-4-2/h19-22,37H,3-18,23-36,40H2,1-2H3,(H,43,44)/b21-20+,22-19+/t37-/m1/s1. The maximum absolute atomic E-state index is 12.5. The van der Waals surface area contributed by atoms with Crippen molar-refractivity contribution in [3.05, 3.63) is 24.3 Å². The van der Waals surface area contributed by atoms with Gasteiger partial charge >= 0.3 is 19.8 Å². The number of phosphoric acid groups is 1. The summed E-state index contributed by atoms with van der Waals surface area (Å²) in [6, 6.07) is 0. The molecule has 0 fully saturated rings. The van der Waals surface area contributed by atoms with Crippen LogP contribution in [0.4, 0.5) is 0 Å². The van der Waals surface area contributed by atoms with Crippen molar-refractivity contribution in [1.82, 2.24) is 0 Å². The summed E-state index contributed by atoms with van der Waals surface area (Å²) in [6.45, 7) is 3.68. The van der Waals surface area contributed by atoms with E-state index in [0.717, 1.165) is 51.4 Å². The van der Waals surface area contributed by atoms with Crippen LogP contribution in [0, 0.1) is 0 Å². The van der Waals surface area contributed by atoms with Crippen molar-refractivity contribution in [2.75, 3.05) is 26.4 Å². The second-order valence-electron chi connectivity index (χ2n) is 13.1. The van der Waals surface area contributed by atoms with E-state index in [-0.39, 0.29) is 32.6 Å². The Morgan fingerprint density at radius 2 is 1.00 bits per heavy atom. The molecule has 0 amide bonds. The van der Waals surface area contributed by atoms with Gasteiger partial charge in [0.1, 0.15) is 6.61 Å². The minimum Gasteiger partial charge on any atom is -0.462 e. The number of carbonyl (C=O) groups excluding carboxylic acids is 2. The molecular formula is C39H74NO8P. The van der Waals surface area contributed by atoms with Gasteiger partial charge in [-0.3, -0.25) is 18.6 Å². The van der Waals surface area contributed by atoms with E-state index < -0.39 is 32.5 Å². The number of hydrogen-bond acceptors (Lipinski definition) is 8. The van der Waals surface area contributed by atoms with Crippen LogP contribution in [0.2, 0.25) is 0 Å². The van der Waals surface area contributed by atoms with E-state index in [0.29, 0.717) is 12.8 Å². The minimum atomic E-state index is -4.37. The lowest BCUT2D eigenvalue weighted by Crippen LogP contribution is -2.29. The van der Waals surface area contributed by atoms with Gasteiger partial charge in [-0.05, 0) is 64.2 Å². The molecule has 0 bridgehead atoms. The van der Waals surface area contributed by atoms with E-state index in [9.17, 15) is 19.0 Å². The average molecular weight is 716 g/mol. The molecule has 0 rings (SSSR count). The number of nitrogens with two attached hydrogens (primary N) is 1. The zero-order valence-electron chi connectivity index (χ0n) is 31.4. The number of ether oxygens (including phenoxy) is 2. The van der Waals surface area contributed by atoms with E-state index in [1.54, 1.807) is 0 Å². The quantitative estimate of drug-likeness (QED) is 0.0279. The molecule has 288 valence electrons. The number of unbranched alkanes of at least 4 members (excludes halogenated alkanes) is 20. The van der Waals surface area contributed by atoms with Crippen molar-refractivity contribution in [3.63, 3.8) is 0 Å². The van der Waals surface area contributed by atoms with Crippen molar-refractivity contribution < 1.29 is 37.6 Å². The Morgan fingerprint density at radius 3 is 1.45 bits per heavy atom. The lowest BCUT2D eigenvalue weighted by Gasteiger charge is -2.19. The fourth-order valence-electron chi connectivity index (χ4n) is 5.33. The first-order valence-corrected chi connectivity index (χ1v) is 21.3. The largest absolute Gasteiger partial charge is 0.472 e. The second-order valence-corrected chi connectivity index (χ2v) is 14.6. The van der Waals surface area contributed by atoms with Gasteiger partial charge in [0.2, 0.25) is 0 Å². The zero-order chi connectivity index (χ0) is 36.1. The van der Waals surface area contributed by atoms with Gasteiger partial charge in [0.25, 0.3) is 0 Å². The van der Waals surface area contributed by atoms with Crippen LogP contribution >= 0.6 is 7.82 Å². The van der Waals surface area contributed by atoms with E-state index in [1.807, 2.05) is 0 Å². The Hall–Kier alpha value is -1.51. The highest BCUT2D eigenvalue weighted by Gasteiger charge is 2.25. The van der Waals surface area contributed by atoms with Crippen molar-refractivity contribution in [3.8, 4) is 0 Å². The summed E-state index contributed by atoms with van der Waals surface area (Å²) in [6.07, 6.45) is 36.4. The van der Waals surface area contributed by atoms with Crippen molar-refractivity contribution in [2.24, 2.45) is 5.73 Å². The number of allylic oxidation sites excluding steroid dienone is 4. The first-order valence-electron chi connectivity index (χ1n) is 19.8. The topological polar surface area (TPSA) is 134 Å². The summed E-state index contributed by atoms with van der Waals surface area (Å²) in [5.41, 5.74) is 5.33. The van der Waals surface area contributed by atoms with Gasteiger partial charge < -0.3 is 20.1 Å². The lowest BCUT2D eigenvalue weighted by molar-refractivity contribution is -0.161. The normalized spacial score (nSPS) is 13.6. The highest BCUT2D eigenvalue weighted by molar-refractivity contribution is 7.47. The molecule has 0 aliphatic rings. The average Bonchev–Trinajstić information content (AvgIpc) is 3.08. The van der Waals surface area contributed by atoms with E-state index in [1.165, 1.54) is 89.9 Å². The molecule has 0 heterocycles. The van der Waals surface area contributed by atoms with Crippen molar-refractivity contribution in [2.45, 2.75) is 187 Å². The van der Waals surface area contributed by atoms with Crippen LogP contribution < -0.4 is 5.73 Å². The molecule has 0 radical (unpaired) electrons. The smallest absolute Gasteiger partial charge is 0.462 e. The molecule has 10 heteroatoms. The summed E-state index contributed by atoms with van der Waals surface area (Å²) < 4.78 is 32.6. The Kier molecular flexibility index (Phi) is 35.2. The molecule has 0 spiro atoms. The lowest BCUT2D eigenvalue weighted by atomic mass is 10.1. The number of rotatable bonds is 37. The van der Waals surface area contributed by atoms with Gasteiger partial charge in [-0.2, -0.15) is 0 Å². The number of phosphoric ester groups is 1. The van der Waals surface area contributed by atoms with Crippen LogP contribution in [0.1, 0.15) is 181 Å². The molecule has 0 saturated heterocycles. The van der Waals surface area contributed by atoms with E-state index in [4.69, 9.17) is 24.3 Å². The van der Waals surface area contributed by atoms with Crippen LogP contribution in [-0.2, 0) is 32.7 Å². The first-order chi connectivity index (χ1) is 23.8. The van der Waals surface area contributed by atoms with Gasteiger partial charge in [-0.1, -0.05) is 128 Å². The SMILES string of the molecule is CCCCCCCC/C=C/CCCCCC(=O)O[C@H](COC(=O)CCCCC/C=C/CCCCCCCCCC)COP(=O)(O)OCCN. The maximum Gasteiger partial charge on any atom is 0.472 e. The summed E-state index contributed by atoms with van der Waals surface area (Å²) in [5, 5.41) is 0. The minimum absolute atomic E-state index is 0.0500. The summed E-state index contributed by atoms with van der Waals surface area (Å²) in [4.78, 5) is 34.7. The highest BCUT2D eigenvalue weighted by atomic mass is 31.2. The summed E-state index contributed by atoms with van der Waals surface area (Å²) >= 11 is 0. The fraction of sp³-hybridized carbons (Fsp3) is 0.846. The fourth-order valence-corrected chi connectivity index (χ4v) is 6.09. The Morgan fingerprint density at radius 1 is 0.592 bits per heavy atom. The molecule has 1 unspecified atom stereocenters. The molecule has 0 aliphatic carbocycles.